The molecule has 0 amide bonds. The second kappa shape index (κ2) is 12.5. The first-order chi connectivity index (χ1) is 28.3. The standard InChI is InChI=1S/C56H34O/c1-4-11-35(12-5-1)40-24-31-52-51(33-40)47-18-10-17-46-44(30-32-53(57-52)56(46)47)41-23-26-43(37-15-8-3-9-16-37)50(34-41)45-27-20-39-21-28-48-42(36-13-6-2-7-14-36)25-19-38-22-29-49(45)55(39)54(38)48/h1-34H. The van der Waals surface area contributed by atoms with Gasteiger partial charge in [-0.3, -0.25) is 0 Å². The normalized spacial score (nSPS) is 12.0. The van der Waals surface area contributed by atoms with E-state index in [1.807, 2.05) is 0 Å². The molecule has 0 fully saturated rings. The second-order valence-electron chi connectivity index (χ2n) is 15.2. The number of hydrogen-bond donors (Lipinski definition) is 0. The average Bonchev–Trinajstić information content (AvgIpc) is 3.29. The summed E-state index contributed by atoms with van der Waals surface area (Å²) in [5, 5.41) is 10.0. The van der Waals surface area contributed by atoms with Crippen molar-refractivity contribution < 1.29 is 4.74 Å². The van der Waals surface area contributed by atoms with E-state index in [2.05, 4.69) is 206 Å². The molecule has 0 atom stereocenters. The summed E-state index contributed by atoms with van der Waals surface area (Å²) < 4.78 is 6.64. The molecule has 0 saturated heterocycles. The van der Waals surface area contributed by atoms with Crippen LogP contribution in [0.1, 0.15) is 0 Å². The molecule has 1 aliphatic heterocycles. The Morgan fingerprint density at radius 3 is 1.46 bits per heavy atom. The van der Waals surface area contributed by atoms with Gasteiger partial charge >= 0.3 is 0 Å². The van der Waals surface area contributed by atoms with Gasteiger partial charge in [-0.1, -0.05) is 182 Å². The van der Waals surface area contributed by atoms with E-state index < -0.39 is 0 Å². The monoisotopic (exact) mass is 722 g/mol. The van der Waals surface area contributed by atoms with Gasteiger partial charge in [0.25, 0.3) is 0 Å². The molecule has 1 heterocycles. The summed E-state index contributed by atoms with van der Waals surface area (Å²) in [4.78, 5) is 0. The first-order valence-electron chi connectivity index (χ1n) is 19.7. The molecule has 11 aromatic rings. The molecule has 0 aliphatic carbocycles. The van der Waals surface area contributed by atoms with Crippen molar-refractivity contribution in [2.45, 2.75) is 0 Å². The van der Waals surface area contributed by atoms with Crippen LogP contribution in [0.5, 0.6) is 11.5 Å². The maximum atomic E-state index is 6.64. The van der Waals surface area contributed by atoms with Crippen LogP contribution >= 0.6 is 0 Å². The SMILES string of the molecule is c1ccc(-c2ccc3c(c2)-c2cccc4c(-c5ccc(-c6ccccc6)c(-c6ccc7ccc8c(-c9ccccc9)ccc9ccc6c7c98)c5)ccc(c24)O3)cc1. The number of benzene rings is 11. The molecule has 12 rings (SSSR count). The number of fused-ring (bicyclic) bond motifs is 2. The predicted molar refractivity (Wildman–Crippen MR) is 240 cm³/mol. The van der Waals surface area contributed by atoms with Crippen molar-refractivity contribution >= 4 is 43.1 Å². The molecule has 1 nitrogen and oxygen atoms in total. The van der Waals surface area contributed by atoms with Gasteiger partial charge in [0.05, 0.1) is 0 Å². The number of hydrogen-bond acceptors (Lipinski definition) is 1. The highest BCUT2D eigenvalue weighted by molar-refractivity contribution is 6.28. The maximum Gasteiger partial charge on any atom is 0.135 e. The van der Waals surface area contributed by atoms with Gasteiger partial charge in [-0.2, -0.15) is 0 Å². The molecule has 264 valence electrons. The molecule has 0 unspecified atom stereocenters. The van der Waals surface area contributed by atoms with E-state index in [9.17, 15) is 0 Å². The van der Waals surface area contributed by atoms with Gasteiger partial charge in [0.1, 0.15) is 11.5 Å². The molecule has 11 aromatic carbocycles. The van der Waals surface area contributed by atoms with Crippen molar-refractivity contribution in [3.8, 4) is 78.3 Å². The zero-order chi connectivity index (χ0) is 37.5. The highest BCUT2D eigenvalue weighted by Gasteiger charge is 2.23. The number of rotatable bonds is 5. The van der Waals surface area contributed by atoms with Gasteiger partial charge in [0.2, 0.25) is 0 Å². The van der Waals surface area contributed by atoms with Crippen molar-refractivity contribution in [2.75, 3.05) is 0 Å². The van der Waals surface area contributed by atoms with Crippen LogP contribution in [0.15, 0.2) is 206 Å². The van der Waals surface area contributed by atoms with E-state index in [1.165, 1.54) is 98.9 Å². The fraction of sp³-hybridized carbons (Fsp3) is 0. The Morgan fingerprint density at radius 2 is 0.737 bits per heavy atom. The first-order valence-corrected chi connectivity index (χ1v) is 19.7. The molecule has 57 heavy (non-hydrogen) atoms. The molecule has 0 aromatic heterocycles. The molecule has 1 aliphatic rings. The quantitative estimate of drug-likeness (QED) is 0.161. The number of ether oxygens (including phenoxy) is 1. The minimum atomic E-state index is 0.891. The van der Waals surface area contributed by atoms with E-state index in [-0.39, 0.29) is 0 Å². The summed E-state index contributed by atoms with van der Waals surface area (Å²) in [5.41, 5.74) is 14.4. The van der Waals surface area contributed by atoms with Gasteiger partial charge < -0.3 is 4.74 Å². The summed E-state index contributed by atoms with van der Waals surface area (Å²) >= 11 is 0. The lowest BCUT2D eigenvalue weighted by atomic mass is 9.84. The third kappa shape index (κ3) is 4.96. The van der Waals surface area contributed by atoms with E-state index in [0.717, 1.165) is 22.4 Å². The Kier molecular flexibility index (Phi) is 7.00. The smallest absolute Gasteiger partial charge is 0.135 e. The maximum absolute atomic E-state index is 6.64. The van der Waals surface area contributed by atoms with Gasteiger partial charge in [-0.15, -0.1) is 0 Å². The molecule has 0 radical (unpaired) electrons. The molecule has 1 heteroatoms. The van der Waals surface area contributed by atoms with Crippen LogP contribution in [0.2, 0.25) is 0 Å². The minimum absolute atomic E-state index is 0.891. The molecule has 0 spiro atoms. The zero-order valence-electron chi connectivity index (χ0n) is 31.0. The van der Waals surface area contributed by atoms with Crippen molar-refractivity contribution in [1.82, 2.24) is 0 Å². The summed E-state index contributed by atoms with van der Waals surface area (Å²) in [7, 11) is 0. The van der Waals surface area contributed by atoms with Crippen LogP contribution in [-0.4, -0.2) is 0 Å². The van der Waals surface area contributed by atoms with Crippen LogP contribution in [0.3, 0.4) is 0 Å². The van der Waals surface area contributed by atoms with E-state index in [1.54, 1.807) is 0 Å². The Bertz CT molecular complexity index is 3340. The van der Waals surface area contributed by atoms with Crippen molar-refractivity contribution in [2.24, 2.45) is 0 Å². The fourth-order valence-corrected chi connectivity index (χ4v) is 9.40. The lowest BCUT2D eigenvalue weighted by Gasteiger charge is -2.23. The lowest BCUT2D eigenvalue weighted by Crippen LogP contribution is -1.98. The van der Waals surface area contributed by atoms with E-state index >= 15 is 0 Å². The van der Waals surface area contributed by atoms with E-state index in [4.69, 9.17) is 4.74 Å². The average molecular weight is 723 g/mol. The van der Waals surface area contributed by atoms with Gasteiger partial charge in [-0.25, -0.2) is 0 Å². The minimum Gasteiger partial charge on any atom is -0.456 e. The van der Waals surface area contributed by atoms with Crippen molar-refractivity contribution in [3.63, 3.8) is 0 Å². The topological polar surface area (TPSA) is 9.23 Å². The highest BCUT2D eigenvalue weighted by Crippen LogP contribution is 2.51. The first kappa shape index (κ1) is 31.8. The van der Waals surface area contributed by atoms with Crippen molar-refractivity contribution in [3.05, 3.63) is 206 Å². The second-order valence-corrected chi connectivity index (χ2v) is 15.2. The van der Waals surface area contributed by atoms with Gasteiger partial charge in [-0.05, 0) is 123 Å². The Labute approximate surface area is 331 Å². The molecular weight excluding hydrogens is 689 g/mol. The third-order valence-corrected chi connectivity index (χ3v) is 12.1. The fourth-order valence-electron chi connectivity index (χ4n) is 9.40. The van der Waals surface area contributed by atoms with Crippen LogP contribution < -0.4 is 4.74 Å². The zero-order valence-corrected chi connectivity index (χ0v) is 31.0. The Balaban J connectivity index is 1.07. The predicted octanol–water partition coefficient (Wildman–Crippen LogP) is 15.8. The van der Waals surface area contributed by atoms with Crippen LogP contribution in [-0.2, 0) is 0 Å². The van der Waals surface area contributed by atoms with Crippen LogP contribution in [0.4, 0.5) is 0 Å². The highest BCUT2D eigenvalue weighted by atomic mass is 16.5. The summed E-state index contributed by atoms with van der Waals surface area (Å²) in [6.45, 7) is 0. The van der Waals surface area contributed by atoms with Gasteiger partial charge in [0, 0.05) is 10.9 Å². The Hall–Kier alpha value is -7.48. The molecule has 0 N–H and O–H groups in total. The molecule has 0 saturated carbocycles. The largest absolute Gasteiger partial charge is 0.456 e. The summed E-state index contributed by atoms with van der Waals surface area (Å²) in [6.07, 6.45) is 0. The van der Waals surface area contributed by atoms with Crippen LogP contribution in [0, 0.1) is 0 Å². The van der Waals surface area contributed by atoms with Crippen LogP contribution in [0.25, 0.3) is 110 Å². The summed E-state index contributed by atoms with van der Waals surface area (Å²) in [5.74, 6) is 1.79. The van der Waals surface area contributed by atoms with E-state index in [0.29, 0.717) is 0 Å². The van der Waals surface area contributed by atoms with Gasteiger partial charge in [0.15, 0.2) is 0 Å². The third-order valence-electron chi connectivity index (χ3n) is 12.1. The lowest BCUT2D eigenvalue weighted by molar-refractivity contribution is 0.487. The Morgan fingerprint density at radius 1 is 0.228 bits per heavy atom. The molecular formula is C56H34O. The van der Waals surface area contributed by atoms with Crippen molar-refractivity contribution in [1.29, 1.82) is 0 Å². The molecule has 0 bridgehead atoms. The summed E-state index contributed by atoms with van der Waals surface area (Å²) in [6, 6.07) is 75.3.